The lowest BCUT2D eigenvalue weighted by Crippen LogP contribution is -2.42. The van der Waals surface area contributed by atoms with E-state index in [1.54, 1.807) is 26.3 Å². The Morgan fingerprint density at radius 2 is 1.93 bits per heavy atom. The van der Waals surface area contributed by atoms with Crippen LogP contribution in [0.3, 0.4) is 0 Å². The highest BCUT2D eigenvalue weighted by Gasteiger charge is 2.44. The molecule has 0 heterocycles. The van der Waals surface area contributed by atoms with Crippen molar-refractivity contribution in [2.75, 3.05) is 27.2 Å². The maximum atomic E-state index is 13.5. The van der Waals surface area contributed by atoms with Crippen LogP contribution in [0.5, 0.6) is 5.75 Å². The number of aliphatic imine (C=N–C) groups is 1. The summed E-state index contributed by atoms with van der Waals surface area (Å²) in [6, 6.07) is 15.0. The van der Waals surface area contributed by atoms with Crippen LogP contribution in [0.4, 0.5) is 4.39 Å². The Bertz CT molecular complexity index is 778. The van der Waals surface area contributed by atoms with Crippen molar-refractivity contribution in [2.45, 2.75) is 24.7 Å². The average Bonchev–Trinajstić information content (AvgIpc) is 3.46. The minimum absolute atomic E-state index is 0. The predicted octanol–water partition coefficient (Wildman–Crippen LogP) is 3.89. The van der Waals surface area contributed by atoms with Crippen LogP contribution >= 0.6 is 24.0 Å². The number of halogens is 2. The molecule has 146 valence electrons. The van der Waals surface area contributed by atoms with Gasteiger partial charge in [-0.3, -0.25) is 4.99 Å². The Morgan fingerprint density at radius 1 is 1.15 bits per heavy atom. The Morgan fingerprint density at radius 3 is 2.59 bits per heavy atom. The standard InChI is InChI=1S/C21H26FN3O.HI/c1-23-20(24-13-10-16-6-3-4-9-19(16)26-2)25-15-21(11-12-21)17-7-5-8-18(22)14-17;/h3-9,14H,10-13,15H2,1-2H3,(H2,23,24,25);1H. The number of benzene rings is 2. The van der Waals surface area contributed by atoms with Gasteiger partial charge in [0.15, 0.2) is 5.96 Å². The van der Waals surface area contributed by atoms with Gasteiger partial charge in [-0.2, -0.15) is 0 Å². The molecule has 6 heteroatoms. The summed E-state index contributed by atoms with van der Waals surface area (Å²) in [5.74, 6) is 1.50. The van der Waals surface area contributed by atoms with Crippen molar-refractivity contribution < 1.29 is 9.13 Å². The summed E-state index contributed by atoms with van der Waals surface area (Å²) in [7, 11) is 3.45. The molecule has 0 bridgehead atoms. The Kier molecular flexibility index (Phi) is 7.89. The van der Waals surface area contributed by atoms with E-state index in [2.05, 4.69) is 21.7 Å². The zero-order chi connectivity index (χ0) is 18.4. The molecule has 27 heavy (non-hydrogen) atoms. The van der Waals surface area contributed by atoms with E-state index >= 15 is 0 Å². The third-order valence-electron chi connectivity index (χ3n) is 4.99. The van der Waals surface area contributed by atoms with E-state index in [0.717, 1.165) is 55.2 Å². The second-order valence-electron chi connectivity index (χ2n) is 6.71. The SMILES string of the molecule is CN=C(NCCc1ccccc1OC)NCC1(c2cccc(F)c2)CC1.I. The van der Waals surface area contributed by atoms with Crippen molar-refractivity contribution in [2.24, 2.45) is 4.99 Å². The lowest BCUT2D eigenvalue weighted by atomic mass is 9.96. The van der Waals surface area contributed by atoms with Gasteiger partial charge in [0.05, 0.1) is 7.11 Å². The molecular weight excluding hydrogens is 456 g/mol. The van der Waals surface area contributed by atoms with Crippen molar-refractivity contribution in [1.29, 1.82) is 0 Å². The number of nitrogens with one attached hydrogen (secondary N) is 2. The van der Waals surface area contributed by atoms with Gasteiger partial charge in [-0.1, -0.05) is 30.3 Å². The van der Waals surface area contributed by atoms with Crippen molar-refractivity contribution in [3.05, 3.63) is 65.5 Å². The summed E-state index contributed by atoms with van der Waals surface area (Å²) in [6.07, 6.45) is 2.99. The molecule has 2 aromatic carbocycles. The van der Waals surface area contributed by atoms with Gasteiger partial charge in [0.25, 0.3) is 0 Å². The summed E-state index contributed by atoms with van der Waals surface area (Å²) >= 11 is 0. The summed E-state index contributed by atoms with van der Waals surface area (Å²) in [6.45, 7) is 1.51. The van der Waals surface area contributed by atoms with Crippen LogP contribution in [0.15, 0.2) is 53.5 Å². The van der Waals surface area contributed by atoms with Gasteiger partial charge in [-0.25, -0.2) is 4.39 Å². The number of methoxy groups -OCH3 is 1. The molecule has 0 saturated heterocycles. The van der Waals surface area contributed by atoms with E-state index in [4.69, 9.17) is 4.74 Å². The van der Waals surface area contributed by atoms with Crippen LogP contribution in [0, 0.1) is 5.82 Å². The quantitative estimate of drug-likeness (QED) is 0.357. The van der Waals surface area contributed by atoms with Crippen LogP contribution in [-0.2, 0) is 11.8 Å². The van der Waals surface area contributed by atoms with Crippen molar-refractivity contribution >= 4 is 29.9 Å². The number of para-hydroxylation sites is 1. The number of rotatable bonds is 7. The number of hydrogen-bond donors (Lipinski definition) is 2. The molecule has 0 atom stereocenters. The lowest BCUT2D eigenvalue weighted by molar-refractivity contribution is 0.409. The minimum Gasteiger partial charge on any atom is -0.496 e. The molecule has 0 aromatic heterocycles. The highest BCUT2D eigenvalue weighted by atomic mass is 127. The van der Waals surface area contributed by atoms with E-state index in [1.807, 2.05) is 24.3 Å². The molecule has 1 saturated carbocycles. The first-order valence-corrected chi connectivity index (χ1v) is 8.99. The van der Waals surface area contributed by atoms with Gasteiger partial charge < -0.3 is 15.4 Å². The normalized spacial score (nSPS) is 14.9. The van der Waals surface area contributed by atoms with E-state index in [9.17, 15) is 4.39 Å². The molecule has 1 aliphatic rings. The molecule has 0 aliphatic heterocycles. The molecule has 1 fully saturated rings. The molecule has 2 aromatic rings. The monoisotopic (exact) mass is 483 g/mol. The first-order chi connectivity index (χ1) is 12.7. The van der Waals surface area contributed by atoms with Gasteiger partial charge >= 0.3 is 0 Å². The highest BCUT2D eigenvalue weighted by Crippen LogP contribution is 2.47. The minimum atomic E-state index is -0.173. The predicted molar refractivity (Wildman–Crippen MR) is 119 cm³/mol. The maximum absolute atomic E-state index is 13.5. The topological polar surface area (TPSA) is 45.7 Å². The summed E-state index contributed by atoms with van der Waals surface area (Å²) < 4.78 is 18.9. The third-order valence-corrected chi connectivity index (χ3v) is 4.99. The fourth-order valence-corrected chi connectivity index (χ4v) is 3.24. The van der Waals surface area contributed by atoms with Crippen LogP contribution in [-0.4, -0.2) is 33.2 Å². The molecule has 0 spiro atoms. The molecule has 0 unspecified atom stereocenters. The summed E-state index contributed by atoms with van der Waals surface area (Å²) in [5.41, 5.74) is 2.26. The second kappa shape index (κ2) is 9.92. The Labute approximate surface area is 177 Å². The average molecular weight is 483 g/mol. The largest absolute Gasteiger partial charge is 0.496 e. The van der Waals surface area contributed by atoms with Gasteiger partial charge in [0.1, 0.15) is 11.6 Å². The zero-order valence-electron chi connectivity index (χ0n) is 15.8. The van der Waals surface area contributed by atoms with E-state index in [1.165, 1.54) is 6.07 Å². The molecule has 0 amide bonds. The van der Waals surface area contributed by atoms with Crippen LogP contribution in [0.1, 0.15) is 24.0 Å². The molecular formula is C21H27FIN3O. The Balaban J connectivity index is 0.00000261. The van der Waals surface area contributed by atoms with Crippen LogP contribution in [0.2, 0.25) is 0 Å². The molecule has 3 rings (SSSR count). The smallest absolute Gasteiger partial charge is 0.191 e. The number of hydrogen-bond acceptors (Lipinski definition) is 2. The summed E-state index contributed by atoms with van der Waals surface area (Å²) in [5, 5.41) is 6.73. The van der Waals surface area contributed by atoms with E-state index in [0.29, 0.717) is 0 Å². The van der Waals surface area contributed by atoms with Gasteiger partial charge in [0, 0.05) is 25.6 Å². The van der Waals surface area contributed by atoms with Crippen LogP contribution in [0.25, 0.3) is 0 Å². The van der Waals surface area contributed by atoms with Crippen molar-refractivity contribution in [3.63, 3.8) is 0 Å². The summed E-state index contributed by atoms with van der Waals surface area (Å²) in [4.78, 5) is 4.29. The van der Waals surface area contributed by atoms with Gasteiger partial charge in [-0.05, 0) is 48.6 Å². The Hall–Kier alpha value is -1.83. The van der Waals surface area contributed by atoms with Crippen molar-refractivity contribution in [3.8, 4) is 5.75 Å². The number of guanidine groups is 1. The fraction of sp³-hybridized carbons (Fsp3) is 0.381. The number of nitrogens with zero attached hydrogens (tertiary/aromatic N) is 1. The van der Waals surface area contributed by atoms with E-state index < -0.39 is 0 Å². The number of ether oxygens (including phenoxy) is 1. The van der Waals surface area contributed by atoms with E-state index in [-0.39, 0.29) is 35.2 Å². The molecule has 0 radical (unpaired) electrons. The molecule has 4 nitrogen and oxygen atoms in total. The van der Waals surface area contributed by atoms with Crippen molar-refractivity contribution in [1.82, 2.24) is 10.6 Å². The first-order valence-electron chi connectivity index (χ1n) is 8.99. The fourth-order valence-electron chi connectivity index (χ4n) is 3.24. The first kappa shape index (κ1) is 21.5. The zero-order valence-corrected chi connectivity index (χ0v) is 18.1. The maximum Gasteiger partial charge on any atom is 0.191 e. The lowest BCUT2D eigenvalue weighted by Gasteiger charge is -2.19. The van der Waals surface area contributed by atoms with Gasteiger partial charge in [-0.15, -0.1) is 24.0 Å². The second-order valence-corrected chi connectivity index (χ2v) is 6.71. The highest BCUT2D eigenvalue weighted by molar-refractivity contribution is 14.0. The van der Waals surface area contributed by atoms with Gasteiger partial charge in [0.2, 0.25) is 0 Å². The molecule has 1 aliphatic carbocycles. The van der Waals surface area contributed by atoms with Crippen LogP contribution < -0.4 is 15.4 Å². The molecule has 2 N–H and O–H groups in total. The third kappa shape index (κ3) is 5.57.